The zero-order valence-corrected chi connectivity index (χ0v) is 21.4. The normalized spacial score (nSPS) is 14.0. The number of ether oxygens (including phenoxy) is 1. The molecule has 0 saturated heterocycles. The van der Waals surface area contributed by atoms with E-state index in [1.807, 2.05) is 13.8 Å². The van der Waals surface area contributed by atoms with Crippen molar-refractivity contribution in [3.8, 4) is 6.07 Å². The number of nitriles is 1. The van der Waals surface area contributed by atoms with Crippen LogP contribution in [0.3, 0.4) is 0 Å². The van der Waals surface area contributed by atoms with Crippen LogP contribution in [0.1, 0.15) is 77.7 Å². The van der Waals surface area contributed by atoms with Crippen LogP contribution < -0.4 is 5.32 Å². The molecule has 1 heterocycles. The zero-order chi connectivity index (χ0) is 26.4. The molecule has 0 saturated carbocycles. The summed E-state index contributed by atoms with van der Waals surface area (Å²) < 4.78 is 5.32. The molecule has 2 N–H and O–H groups in total. The molecular formula is C28H30N4O4. The molecule has 2 amide bonds. The Balaban J connectivity index is 1.55. The third kappa shape index (κ3) is 4.44. The van der Waals surface area contributed by atoms with E-state index in [-0.39, 0.29) is 18.2 Å². The molecule has 2 aromatic carbocycles. The van der Waals surface area contributed by atoms with E-state index in [1.165, 1.54) is 4.90 Å². The minimum atomic E-state index is -0.592. The van der Waals surface area contributed by atoms with Crippen molar-refractivity contribution >= 4 is 28.7 Å². The van der Waals surface area contributed by atoms with Gasteiger partial charge in [-0.1, -0.05) is 19.9 Å². The molecule has 8 heteroatoms. The van der Waals surface area contributed by atoms with E-state index in [4.69, 9.17) is 4.74 Å². The fraction of sp³-hybridized carbons (Fsp3) is 0.357. The van der Waals surface area contributed by atoms with Crippen molar-refractivity contribution in [1.29, 1.82) is 5.26 Å². The Morgan fingerprint density at radius 2 is 1.89 bits per heavy atom. The molecule has 0 bridgehead atoms. The van der Waals surface area contributed by atoms with Crippen molar-refractivity contribution in [1.82, 2.24) is 15.2 Å². The van der Waals surface area contributed by atoms with Gasteiger partial charge in [0.15, 0.2) is 5.78 Å². The molecule has 0 spiro atoms. The molecule has 36 heavy (non-hydrogen) atoms. The highest BCUT2D eigenvalue weighted by molar-refractivity contribution is 6.20. The molecule has 0 atom stereocenters. The quantitative estimate of drug-likeness (QED) is 0.563. The molecule has 186 valence electrons. The van der Waals surface area contributed by atoms with Crippen LogP contribution >= 0.6 is 0 Å². The third-order valence-electron chi connectivity index (χ3n) is 6.42. The zero-order valence-electron chi connectivity index (χ0n) is 21.4. The van der Waals surface area contributed by atoms with Crippen LogP contribution in [-0.2, 0) is 10.2 Å². The van der Waals surface area contributed by atoms with E-state index < -0.39 is 17.1 Å². The van der Waals surface area contributed by atoms with Gasteiger partial charge in [-0.2, -0.15) is 5.26 Å². The first kappa shape index (κ1) is 25.0. The number of likely N-dealkylation sites (N-methyl/N-ethyl adjacent to an activating group) is 1. The molecule has 4 rings (SSSR count). The van der Waals surface area contributed by atoms with Crippen molar-refractivity contribution in [2.75, 3.05) is 20.1 Å². The fourth-order valence-electron chi connectivity index (χ4n) is 4.51. The Kier molecular flexibility index (Phi) is 6.13. The number of nitrogens with one attached hydrogen (secondary N) is 2. The number of carbonyl (C=O) groups is 3. The van der Waals surface area contributed by atoms with E-state index in [2.05, 4.69) is 16.4 Å². The van der Waals surface area contributed by atoms with Gasteiger partial charge in [-0.15, -0.1) is 0 Å². The molecule has 3 aromatic rings. The van der Waals surface area contributed by atoms with E-state index in [1.54, 1.807) is 64.2 Å². The van der Waals surface area contributed by atoms with Gasteiger partial charge < -0.3 is 19.9 Å². The van der Waals surface area contributed by atoms with Crippen LogP contribution in [0.25, 0.3) is 10.9 Å². The number of H-pyrrole nitrogens is 1. The first-order valence-corrected chi connectivity index (χ1v) is 11.8. The predicted molar refractivity (Wildman–Crippen MR) is 136 cm³/mol. The maximum absolute atomic E-state index is 13.5. The number of aromatic amines is 1. The topological polar surface area (TPSA) is 115 Å². The molecule has 1 aromatic heterocycles. The maximum atomic E-state index is 13.5. The number of hydrogen-bond donors (Lipinski definition) is 2. The summed E-state index contributed by atoms with van der Waals surface area (Å²) in [4.78, 5) is 43.2. The lowest BCUT2D eigenvalue weighted by atomic mass is 9.71. The summed E-state index contributed by atoms with van der Waals surface area (Å²) in [6.07, 6.45) is -0.457. The largest absolute Gasteiger partial charge is 0.444 e. The van der Waals surface area contributed by atoms with Crippen LogP contribution in [0.15, 0.2) is 36.4 Å². The molecule has 1 aliphatic rings. The summed E-state index contributed by atoms with van der Waals surface area (Å²) in [6, 6.07) is 12.5. The minimum Gasteiger partial charge on any atom is -0.444 e. The summed E-state index contributed by atoms with van der Waals surface area (Å²) in [6.45, 7) is 9.95. The highest BCUT2D eigenvalue weighted by Gasteiger charge is 2.40. The summed E-state index contributed by atoms with van der Waals surface area (Å²) in [5.41, 5.74) is 3.20. The first-order valence-electron chi connectivity index (χ1n) is 11.8. The Morgan fingerprint density at radius 1 is 1.17 bits per heavy atom. The molecular weight excluding hydrogens is 456 g/mol. The van der Waals surface area contributed by atoms with E-state index in [0.29, 0.717) is 28.8 Å². The average Bonchev–Trinajstić information content (AvgIpc) is 3.21. The van der Waals surface area contributed by atoms with Gasteiger partial charge in [0.25, 0.3) is 5.91 Å². The Labute approximate surface area is 210 Å². The fourth-order valence-corrected chi connectivity index (χ4v) is 4.51. The van der Waals surface area contributed by atoms with Crippen LogP contribution in [0, 0.1) is 11.3 Å². The number of rotatable bonds is 4. The second-order valence-corrected chi connectivity index (χ2v) is 10.6. The number of nitrogens with zero attached hydrogens (tertiary/aromatic N) is 2. The van der Waals surface area contributed by atoms with Gasteiger partial charge in [0.1, 0.15) is 5.60 Å². The van der Waals surface area contributed by atoms with E-state index in [0.717, 1.165) is 22.2 Å². The van der Waals surface area contributed by atoms with Gasteiger partial charge in [0, 0.05) is 53.3 Å². The van der Waals surface area contributed by atoms with Crippen molar-refractivity contribution in [2.24, 2.45) is 0 Å². The van der Waals surface area contributed by atoms with Gasteiger partial charge in [-0.05, 0) is 56.7 Å². The SMILES string of the molecule is CN(CCNC(=O)c1ccc2c(c1)C(C)(C)c1[nH]c3cc(C#N)ccc3c1C2=O)C(=O)OC(C)(C)C. The highest BCUT2D eigenvalue weighted by Crippen LogP contribution is 2.44. The number of hydrogen-bond acceptors (Lipinski definition) is 5. The van der Waals surface area contributed by atoms with Gasteiger partial charge in [0.2, 0.25) is 0 Å². The van der Waals surface area contributed by atoms with Gasteiger partial charge in [0.05, 0.1) is 17.2 Å². The number of aromatic nitrogens is 1. The lowest BCUT2D eigenvalue weighted by Gasteiger charge is -2.32. The molecule has 8 nitrogen and oxygen atoms in total. The van der Waals surface area contributed by atoms with E-state index >= 15 is 0 Å². The molecule has 0 fully saturated rings. The van der Waals surface area contributed by atoms with Gasteiger partial charge in [-0.25, -0.2) is 4.79 Å². The molecule has 1 aliphatic carbocycles. The van der Waals surface area contributed by atoms with Crippen molar-refractivity contribution < 1.29 is 19.1 Å². The summed E-state index contributed by atoms with van der Waals surface area (Å²) in [7, 11) is 1.62. The molecule has 0 radical (unpaired) electrons. The third-order valence-corrected chi connectivity index (χ3v) is 6.42. The van der Waals surface area contributed by atoms with Crippen LogP contribution in [0.4, 0.5) is 4.79 Å². The van der Waals surface area contributed by atoms with Crippen molar-refractivity contribution in [3.05, 3.63) is 69.9 Å². The monoisotopic (exact) mass is 486 g/mol. The smallest absolute Gasteiger partial charge is 0.410 e. The summed E-state index contributed by atoms with van der Waals surface area (Å²) in [5.74, 6) is -0.402. The van der Waals surface area contributed by atoms with Crippen LogP contribution in [-0.4, -0.2) is 53.4 Å². The number of ketones is 1. The second-order valence-electron chi connectivity index (χ2n) is 10.6. The Hall–Kier alpha value is -4.12. The number of carbonyl (C=O) groups excluding carboxylic acids is 3. The average molecular weight is 487 g/mol. The standard InChI is InChI=1S/C28H30N4O4/c1-27(2,3)36-26(35)32(6)12-11-30-25(34)17-8-10-18-20(14-17)28(4,5)24-22(23(18)33)19-9-7-16(15-29)13-21(19)31-24/h7-10,13-14,31H,11-12H2,1-6H3,(H,30,34). The number of fused-ring (bicyclic) bond motifs is 4. The van der Waals surface area contributed by atoms with Crippen LogP contribution in [0.2, 0.25) is 0 Å². The van der Waals surface area contributed by atoms with Crippen molar-refractivity contribution in [3.63, 3.8) is 0 Å². The predicted octanol–water partition coefficient (Wildman–Crippen LogP) is 4.51. The Bertz CT molecular complexity index is 1440. The lowest BCUT2D eigenvalue weighted by molar-refractivity contribution is 0.0299. The van der Waals surface area contributed by atoms with Crippen molar-refractivity contribution in [2.45, 2.75) is 45.6 Å². The maximum Gasteiger partial charge on any atom is 0.410 e. The second kappa shape index (κ2) is 8.83. The lowest BCUT2D eigenvalue weighted by Crippen LogP contribution is -2.39. The highest BCUT2D eigenvalue weighted by atomic mass is 16.6. The van der Waals surface area contributed by atoms with Gasteiger partial charge >= 0.3 is 6.09 Å². The molecule has 0 unspecified atom stereocenters. The first-order chi connectivity index (χ1) is 16.8. The Morgan fingerprint density at radius 3 is 2.56 bits per heavy atom. The number of benzene rings is 2. The van der Waals surface area contributed by atoms with E-state index in [9.17, 15) is 19.6 Å². The molecule has 0 aliphatic heterocycles. The van der Waals surface area contributed by atoms with Crippen LogP contribution in [0.5, 0.6) is 0 Å². The van der Waals surface area contributed by atoms with Gasteiger partial charge in [-0.3, -0.25) is 9.59 Å². The minimum absolute atomic E-state index is 0.110. The summed E-state index contributed by atoms with van der Waals surface area (Å²) >= 11 is 0. The number of amides is 2. The summed E-state index contributed by atoms with van der Waals surface area (Å²) in [5, 5.41) is 12.9.